The summed E-state index contributed by atoms with van der Waals surface area (Å²) < 4.78 is 5.39. The van der Waals surface area contributed by atoms with Gasteiger partial charge in [0.15, 0.2) is 0 Å². The molecule has 0 spiro atoms. The molecule has 0 aromatic heterocycles. The highest BCUT2D eigenvalue weighted by molar-refractivity contribution is 5.86. The molecule has 0 saturated carbocycles. The molecule has 152 valence electrons. The summed E-state index contributed by atoms with van der Waals surface area (Å²) in [5.74, 6) is -0.920. The maximum atomic E-state index is 11.6. The molecule has 1 aliphatic rings. The van der Waals surface area contributed by atoms with E-state index in [4.69, 9.17) is 4.74 Å². The van der Waals surface area contributed by atoms with Gasteiger partial charge in [0.05, 0.1) is 5.60 Å². The number of carbonyl (C=O) groups excluding carboxylic acids is 1. The Bertz CT molecular complexity index is 608. The number of rotatable bonds is 9. The Morgan fingerprint density at radius 2 is 2.00 bits per heavy atom. The Balaban J connectivity index is 2.87. The minimum atomic E-state index is -0.976. The molecule has 0 bridgehead atoms. The predicted molar refractivity (Wildman–Crippen MR) is 106 cm³/mol. The third-order valence-corrected chi connectivity index (χ3v) is 4.97. The monoisotopic (exact) mass is 378 g/mol. The molecule has 0 amide bonds. The normalized spacial score (nSPS) is 24.8. The van der Waals surface area contributed by atoms with Gasteiger partial charge in [0.25, 0.3) is 0 Å². The van der Waals surface area contributed by atoms with Gasteiger partial charge in [-0.3, -0.25) is 4.79 Å². The fraction of sp³-hybridized carbons (Fsp3) is 0.636. The molecule has 2 N–H and O–H groups in total. The molecule has 0 aromatic rings. The molecule has 27 heavy (non-hydrogen) atoms. The summed E-state index contributed by atoms with van der Waals surface area (Å²) in [6.07, 6.45) is 10.0. The van der Waals surface area contributed by atoms with Crippen molar-refractivity contribution in [3.05, 3.63) is 35.5 Å². The lowest BCUT2D eigenvalue weighted by Crippen LogP contribution is -2.29. The predicted octanol–water partition coefficient (Wildman–Crippen LogP) is 4.42. The van der Waals surface area contributed by atoms with Crippen LogP contribution >= 0.6 is 0 Å². The van der Waals surface area contributed by atoms with Crippen LogP contribution in [0.3, 0.4) is 0 Å². The van der Waals surface area contributed by atoms with Crippen molar-refractivity contribution in [1.29, 1.82) is 0 Å². The lowest BCUT2D eigenvalue weighted by molar-refractivity contribution is -0.145. The van der Waals surface area contributed by atoms with E-state index >= 15 is 0 Å². The van der Waals surface area contributed by atoms with Gasteiger partial charge in [-0.2, -0.15) is 0 Å². The maximum Gasteiger partial charge on any atom is 0.331 e. The Morgan fingerprint density at radius 1 is 1.33 bits per heavy atom. The summed E-state index contributed by atoms with van der Waals surface area (Å²) in [5.41, 5.74) is 0.658. The zero-order chi connectivity index (χ0) is 20.6. The van der Waals surface area contributed by atoms with Gasteiger partial charge in [-0.1, -0.05) is 30.7 Å². The summed E-state index contributed by atoms with van der Waals surface area (Å²) in [6.45, 7) is 9.15. The summed E-state index contributed by atoms with van der Waals surface area (Å²) in [5, 5.41) is 19.5. The Kier molecular flexibility index (Phi) is 8.97. The van der Waals surface area contributed by atoms with E-state index < -0.39 is 23.6 Å². The maximum absolute atomic E-state index is 11.6. The molecule has 5 nitrogen and oxygen atoms in total. The van der Waals surface area contributed by atoms with Crippen molar-refractivity contribution in [2.75, 3.05) is 0 Å². The SMILES string of the molecule is CC(=O)O[C@H](/C=C(\CCC=C(C)C)C(=O)O)C[C@@H](C)[C@H]1C=C[C@](C)(O)CC1. The second-order valence-corrected chi connectivity index (χ2v) is 8.10. The highest BCUT2D eigenvalue weighted by Gasteiger charge is 2.28. The fourth-order valence-electron chi connectivity index (χ4n) is 3.35. The van der Waals surface area contributed by atoms with Gasteiger partial charge in [-0.25, -0.2) is 4.79 Å². The second-order valence-electron chi connectivity index (χ2n) is 8.10. The van der Waals surface area contributed by atoms with Crippen molar-refractivity contribution < 1.29 is 24.5 Å². The van der Waals surface area contributed by atoms with E-state index in [1.54, 1.807) is 13.0 Å². The van der Waals surface area contributed by atoms with Crippen LogP contribution in [0.1, 0.15) is 66.7 Å². The van der Waals surface area contributed by atoms with E-state index in [9.17, 15) is 19.8 Å². The smallest absolute Gasteiger partial charge is 0.331 e. The molecule has 1 rings (SSSR count). The van der Waals surface area contributed by atoms with Gasteiger partial charge >= 0.3 is 11.9 Å². The van der Waals surface area contributed by atoms with Crippen LogP contribution < -0.4 is 0 Å². The van der Waals surface area contributed by atoms with E-state index in [0.29, 0.717) is 25.7 Å². The van der Waals surface area contributed by atoms with Crippen LogP contribution in [0.15, 0.2) is 35.5 Å². The van der Waals surface area contributed by atoms with Crippen molar-refractivity contribution in [3.8, 4) is 0 Å². The van der Waals surface area contributed by atoms with Gasteiger partial charge in [-0.05, 0) is 70.8 Å². The molecule has 0 saturated heterocycles. The molecule has 0 radical (unpaired) electrons. The average Bonchev–Trinajstić information content (AvgIpc) is 2.52. The third kappa shape index (κ3) is 9.05. The molecule has 4 atom stereocenters. The quantitative estimate of drug-likeness (QED) is 0.352. The average molecular weight is 379 g/mol. The number of hydrogen-bond acceptors (Lipinski definition) is 4. The van der Waals surface area contributed by atoms with E-state index in [0.717, 1.165) is 12.0 Å². The lowest BCUT2D eigenvalue weighted by Gasteiger charge is -2.31. The van der Waals surface area contributed by atoms with Gasteiger partial charge in [0.1, 0.15) is 6.10 Å². The molecule has 5 heteroatoms. The summed E-state index contributed by atoms with van der Waals surface area (Å²) >= 11 is 0. The number of hydrogen-bond donors (Lipinski definition) is 2. The number of aliphatic hydroxyl groups is 1. The Morgan fingerprint density at radius 3 is 2.48 bits per heavy atom. The first-order valence-electron chi connectivity index (χ1n) is 9.66. The highest BCUT2D eigenvalue weighted by atomic mass is 16.5. The number of carboxylic acids is 1. The second kappa shape index (κ2) is 10.5. The van der Waals surface area contributed by atoms with Crippen molar-refractivity contribution in [3.63, 3.8) is 0 Å². The van der Waals surface area contributed by atoms with E-state index in [1.807, 2.05) is 32.1 Å². The topological polar surface area (TPSA) is 83.8 Å². The van der Waals surface area contributed by atoms with Gasteiger partial charge in [-0.15, -0.1) is 0 Å². The Hall–Kier alpha value is -1.88. The zero-order valence-corrected chi connectivity index (χ0v) is 17.2. The van der Waals surface area contributed by atoms with Crippen LogP contribution in [0, 0.1) is 11.8 Å². The molecule has 0 aliphatic heterocycles. The van der Waals surface area contributed by atoms with E-state index in [2.05, 4.69) is 6.92 Å². The fourth-order valence-corrected chi connectivity index (χ4v) is 3.35. The first-order chi connectivity index (χ1) is 12.5. The van der Waals surface area contributed by atoms with Crippen LogP contribution in [0.25, 0.3) is 0 Å². The number of carboxylic acid groups (broad SMARTS) is 1. The van der Waals surface area contributed by atoms with Crippen LogP contribution in [-0.2, 0) is 14.3 Å². The van der Waals surface area contributed by atoms with Crippen LogP contribution in [0.4, 0.5) is 0 Å². The molecule has 0 heterocycles. The summed E-state index contributed by atoms with van der Waals surface area (Å²) in [6, 6.07) is 0. The van der Waals surface area contributed by atoms with Crippen molar-refractivity contribution in [2.24, 2.45) is 11.8 Å². The van der Waals surface area contributed by atoms with Crippen LogP contribution in [0.2, 0.25) is 0 Å². The standard InChI is InChI=1S/C22H34O5/c1-15(2)7-6-8-19(21(24)25)14-20(27-17(4)23)13-16(3)18-9-11-22(5,26)12-10-18/h7,9,11,14,16,18,20,26H,6,8,10,12-13H2,1-5H3,(H,24,25)/b19-14+/t16-,18+,20+,22+/m1/s1. The molecule has 0 unspecified atom stereocenters. The lowest BCUT2D eigenvalue weighted by atomic mass is 9.78. The minimum absolute atomic E-state index is 0.200. The largest absolute Gasteiger partial charge is 0.478 e. The number of allylic oxidation sites excluding steroid dienone is 3. The van der Waals surface area contributed by atoms with Gasteiger partial charge < -0.3 is 14.9 Å². The first kappa shape index (κ1) is 23.2. The van der Waals surface area contributed by atoms with Gasteiger partial charge in [0.2, 0.25) is 0 Å². The minimum Gasteiger partial charge on any atom is -0.478 e. The van der Waals surface area contributed by atoms with E-state index in [1.165, 1.54) is 6.92 Å². The number of aliphatic carboxylic acids is 1. The van der Waals surface area contributed by atoms with Crippen molar-refractivity contribution >= 4 is 11.9 Å². The van der Waals surface area contributed by atoms with Gasteiger partial charge in [0, 0.05) is 12.5 Å². The first-order valence-corrected chi connectivity index (χ1v) is 9.66. The zero-order valence-electron chi connectivity index (χ0n) is 17.2. The highest BCUT2D eigenvalue weighted by Crippen LogP contribution is 2.32. The van der Waals surface area contributed by atoms with Crippen molar-refractivity contribution in [2.45, 2.75) is 78.4 Å². The molecular weight excluding hydrogens is 344 g/mol. The number of esters is 1. The summed E-state index contributed by atoms with van der Waals surface area (Å²) in [4.78, 5) is 23.1. The molecular formula is C22H34O5. The number of carbonyl (C=O) groups is 2. The Labute approximate surface area is 162 Å². The van der Waals surface area contributed by atoms with Crippen LogP contribution in [0.5, 0.6) is 0 Å². The third-order valence-electron chi connectivity index (χ3n) is 4.97. The number of ether oxygens (including phenoxy) is 1. The van der Waals surface area contributed by atoms with E-state index in [-0.39, 0.29) is 17.4 Å². The molecule has 0 fully saturated rings. The molecule has 1 aliphatic carbocycles. The molecule has 0 aromatic carbocycles. The van der Waals surface area contributed by atoms with Crippen molar-refractivity contribution in [1.82, 2.24) is 0 Å². The van der Waals surface area contributed by atoms with Crippen LogP contribution in [-0.4, -0.2) is 33.9 Å². The summed E-state index contributed by atoms with van der Waals surface area (Å²) in [7, 11) is 0.